The number of aliphatic hydroxyl groups is 1. The molecule has 0 radical (unpaired) electrons. The fourth-order valence-corrected chi connectivity index (χ4v) is 2.42. The Hall–Kier alpha value is -1.01. The summed E-state index contributed by atoms with van der Waals surface area (Å²) in [4.78, 5) is 11.2. The number of esters is 1. The van der Waals surface area contributed by atoms with E-state index >= 15 is 0 Å². The first-order valence-electron chi connectivity index (χ1n) is 9.52. The molecule has 3 nitrogen and oxygen atoms in total. The molecule has 0 fully saturated rings. The van der Waals surface area contributed by atoms with E-state index in [0.29, 0.717) is 13.0 Å². The van der Waals surface area contributed by atoms with Gasteiger partial charge in [0.05, 0.1) is 6.61 Å². The highest BCUT2D eigenvalue weighted by molar-refractivity contribution is 5.69. The summed E-state index contributed by atoms with van der Waals surface area (Å²) in [5.74, 6) is 5.85. The summed E-state index contributed by atoms with van der Waals surface area (Å²) in [5, 5.41) is 9.29. The quantitative estimate of drug-likeness (QED) is 0.278. The second-order valence-electron chi connectivity index (χ2n) is 6.09. The topological polar surface area (TPSA) is 46.5 Å². The minimum Gasteiger partial charge on any atom is -0.466 e. The van der Waals surface area contributed by atoms with Crippen molar-refractivity contribution < 1.29 is 14.6 Å². The lowest BCUT2D eigenvalue weighted by atomic mass is 10.1. The molecule has 0 aliphatic rings. The molecular formula is C20H36O3. The van der Waals surface area contributed by atoms with Gasteiger partial charge in [0.15, 0.2) is 0 Å². The lowest BCUT2D eigenvalue weighted by Gasteiger charge is -2.03. The second-order valence-corrected chi connectivity index (χ2v) is 6.09. The molecule has 0 aromatic carbocycles. The predicted octanol–water partition coefficient (Wildman–Crippen LogP) is 5.01. The molecule has 1 N–H and O–H groups in total. The lowest BCUT2D eigenvalue weighted by molar-refractivity contribution is -0.143. The van der Waals surface area contributed by atoms with Crippen molar-refractivity contribution in [1.29, 1.82) is 0 Å². The van der Waals surface area contributed by atoms with Crippen LogP contribution in [0.3, 0.4) is 0 Å². The van der Waals surface area contributed by atoms with E-state index in [1.54, 1.807) is 0 Å². The molecule has 0 aromatic rings. The first-order chi connectivity index (χ1) is 11.2. The Morgan fingerprint density at radius 2 is 1.43 bits per heavy atom. The van der Waals surface area contributed by atoms with Crippen molar-refractivity contribution in [2.45, 2.75) is 103 Å². The van der Waals surface area contributed by atoms with Gasteiger partial charge in [0.2, 0.25) is 0 Å². The van der Waals surface area contributed by atoms with Crippen LogP contribution in [-0.2, 0) is 9.53 Å². The number of carbonyl (C=O) groups excluding carboxylic acids is 1. The van der Waals surface area contributed by atoms with Crippen molar-refractivity contribution in [1.82, 2.24) is 0 Å². The van der Waals surface area contributed by atoms with Gasteiger partial charge in [-0.1, -0.05) is 64.2 Å². The van der Waals surface area contributed by atoms with Crippen LogP contribution in [0.25, 0.3) is 0 Å². The van der Waals surface area contributed by atoms with Gasteiger partial charge in [-0.15, -0.1) is 5.92 Å². The Balaban J connectivity index is 3.16. The van der Waals surface area contributed by atoms with Crippen molar-refractivity contribution in [3.63, 3.8) is 0 Å². The summed E-state index contributed by atoms with van der Waals surface area (Å²) in [6, 6.07) is 0. The molecule has 0 saturated carbocycles. The van der Waals surface area contributed by atoms with Gasteiger partial charge in [0.1, 0.15) is 6.10 Å². The van der Waals surface area contributed by atoms with E-state index in [9.17, 15) is 9.90 Å². The van der Waals surface area contributed by atoms with Crippen LogP contribution in [0, 0.1) is 11.8 Å². The van der Waals surface area contributed by atoms with Gasteiger partial charge in [-0.05, 0) is 26.2 Å². The van der Waals surface area contributed by atoms with Gasteiger partial charge in [0.25, 0.3) is 0 Å². The van der Waals surface area contributed by atoms with E-state index in [0.717, 1.165) is 32.1 Å². The van der Waals surface area contributed by atoms with Crippen LogP contribution in [0.5, 0.6) is 0 Å². The van der Waals surface area contributed by atoms with E-state index in [1.165, 1.54) is 44.9 Å². The van der Waals surface area contributed by atoms with E-state index in [4.69, 9.17) is 4.74 Å². The third-order valence-corrected chi connectivity index (χ3v) is 3.89. The average Bonchev–Trinajstić information content (AvgIpc) is 2.55. The van der Waals surface area contributed by atoms with Crippen molar-refractivity contribution in [3.05, 3.63) is 0 Å². The summed E-state index contributed by atoms with van der Waals surface area (Å²) in [6.07, 6.45) is 14.0. The fourth-order valence-electron chi connectivity index (χ4n) is 2.42. The number of ether oxygens (including phenoxy) is 1. The number of aliphatic hydroxyl groups excluding tert-OH is 1. The largest absolute Gasteiger partial charge is 0.466 e. The van der Waals surface area contributed by atoms with E-state index < -0.39 is 6.10 Å². The molecule has 0 aliphatic carbocycles. The Kier molecular flexibility index (Phi) is 16.6. The molecule has 0 aliphatic heterocycles. The van der Waals surface area contributed by atoms with Crippen molar-refractivity contribution in [2.75, 3.05) is 6.61 Å². The number of carbonyl (C=O) groups is 1. The molecule has 23 heavy (non-hydrogen) atoms. The van der Waals surface area contributed by atoms with Crippen LogP contribution in [0.4, 0.5) is 0 Å². The minimum absolute atomic E-state index is 0.0543. The summed E-state index contributed by atoms with van der Waals surface area (Å²) in [6.45, 7) is 4.29. The molecule has 0 amide bonds. The normalized spacial score (nSPS) is 11.6. The van der Waals surface area contributed by atoms with Crippen LogP contribution in [0.2, 0.25) is 0 Å². The van der Waals surface area contributed by atoms with Crippen molar-refractivity contribution >= 4 is 5.97 Å². The van der Waals surface area contributed by atoms with Crippen molar-refractivity contribution in [2.24, 2.45) is 0 Å². The lowest BCUT2D eigenvalue weighted by Crippen LogP contribution is -2.03. The van der Waals surface area contributed by atoms with Crippen LogP contribution in [0.1, 0.15) is 97.3 Å². The Morgan fingerprint density at radius 3 is 1.96 bits per heavy atom. The summed E-state index contributed by atoms with van der Waals surface area (Å²) in [5.41, 5.74) is 0. The highest BCUT2D eigenvalue weighted by Crippen LogP contribution is 2.12. The number of hydrogen-bond acceptors (Lipinski definition) is 3. The van der Waals surface area contributed by atoms with Gasteiger partial charge in [-0.25, -0.2) is 0 Å². The van der Waals surface area contributed by atoms with Gasteiger partial charge in [0, 0.05) is 12.8 Å². The maximum Gasteiger partial charge on any atom is 0.305 e. The van der Waals surface area contributed by atoms with Gasteiger partial charge in [-0.2, -0.15) is 0 Å². The SMILES string of the molecule is CCOC(=O)CCCCCCCCCCCCC#CC(O)CC. The Bertz CT molecular complexity index is 328. The van der Waals surface area contributed by atoms with Crippen LogP contribution >= 0.6 is 0 Å². The van der Waals surface area contributed by atoms with E-state index in [-0.39, 0.29) is 5.97 Å². The van der Waals surface area contributed by atoms with Crippen LogP contribution < -0.4 is 0 Å². The molecular weight excluding hydrogens is 288 g/mol. The monoisotopic (exact) mass is 324 g/mol. The third-order valence-electron chi connectivity index (χ3n) is 3.89. The molecule has 0 saturated heterocycles. The second kappa shape index (κ2) is 17.3. The summed E-state index contributed by atoms with van der Waals surface area (Å²) >= 11 is 0. The molecule has 1 atom stereocenters. The smallest absolute Gasteiger partial charge is 0.305 e. The molecule has 0 heterocycles. The average molecular weight is 325 g/mol. The molecule has 0 bridgehead atoms. The highest BCUT2D eigenvalue weighted by Gasteiger charge is 2.00. The van der Waals surface area contributed by atoms with Gasteiger partial charge in [-0.3, -0.25) is 4.79 Å². The number of hydrogen-bond donors (Lipinski definition) is 1. The zero-order chi connectivity index (χ0) is 17.2. The van der Waals surface area contributed by atoms with E-state index in [1.807, 2.05) is 13.8 Å². The molecule has 3 heteroatoms. The summed E-state index contributed by atoms with van der Waals surface area (Å²) in [7, 11) is 0. The maximum absolute atomic E-state index is 11.2. The van der Waals surface area contributed by atoms with Crippen molar-refractivity contribution in [3.8, 4) is 11.8 Å². The predicted molar refractivity (Wildman–Crippen MR) is 96.1 cm³/mol. The molecule has 0 aromatic heterocycles. The fraction of sp³-hybridized carbons (Fsp3) is 0.850. The summed E-state index contributed by atoms with van der Waals surface area (Å²) < 4.78 is 4.91. The minimum atomic E-state index is -0.438. The molecule has 134 valence electrons. The zero-order valence-electron chi connectivity index (χ0n) is 15.2. The highest BCUT2D eigenvalue weighted by atomic mass is 16.5. The first kappa shape index (κ1) is 22.0. The van der Waals surface area contributed by atoms with Gasteiger partial charge < -0.3 is 9.84 Å². The van der Waals surface area contributed by atoms with Gasteiger partial charge >= 0.3 is 5.97 Å². The van der Waals surface area contributed by atoms with E-state index in [2.05, 4.69) is 11.8 Å². The molecule has 0 spiro atoms. The van der Waals surface area contributed by atoms with Crippen LogP contribution in [-0.4, -0.2) is 23.8 Å². The third kappa shape index (κ3) is 17.2. The standard InChI is InChI=1S/C20H36O3/c1-3-19(21)17-15-13-11-9-7-5-6-8-10-12-14-16-18-20(22)23-4-2/h19,21H,3-14,16,18H2,1-2H3. The number of rotatable bonds is 14. The Labute approximate surface area is 143 Å². The molecule has 1 unspecified atom stereocenters. The number of unbranched alkanes of at least 4 members (excludes halogenated alkanes) is 10. The first-order valence-corrected chi connectivity index (χ1v) is 9.52. The zero-order valence-corrected chi connectivity index (χ0v) is 15.2. The Morgan fingerprint density at radius 1 is 0.913 bits per heavy atom. The van der Waals surface area contributed by atoms with Crippen LogP contribution in [0.15, 0.2) is 0 Å². The maximum atomic E-state index is 11.2. The molecule has 0 rings (SSSR count).